The Balaban J connectivity index is 1.58. The molecule has 6 nitrogen and oxygen atoms in total. The number of hydrogen-bond donors (Lipinski definition) is 2. The number of nitrogens with one attached hydrogen (secondary N) is 1. The quantitative estimate of drug-likeness (QED) is 0.316. The van der Waals surface area contributed by atoms with E-state index < -0.39 is 0 Å². The van der Waals surface area contributed by atoms with Gasteiger partial charge in [-0.25, -0.2) is 9.78 Å². The molecule has 3 rings (SSSR count). The number of aryl methyl sites for hydroxylation is 1. The van der Waals surface area contributed by atoms with Crippen molar-refractivity contribution in [2.45, 2.75) is 6.92 Å². The van der Waals surface area contributed by atoms with Gasteiger partial charge in [-0.15, -0.1) is 11.3 Å². The van der Waals surface area contributed by atoms with Gasteiger partial charge in [-0.3, -0.25) is 5.43 Å². The molecule has 0 aliphatic heterocycles. The molecule has 0 aliphatic rings. The first-order valence-electron chi connectivity index (χ1n) is 7.49. The van der Waals surface area contributed by atoms with Gasteiger partial charge in [-0.1, -0.05) is 17.7 Å². The third-order valence-corrected chi connectivity index (χ3v) is 4.04. The third-order valence-electron chi connectivity index (χ3n) is 3.27. The smallest absolute Gasteiger partial charge is 0.343 e. The molecular formula is C18H16N4O2S. The molecule has 0 amide bonds. The molecule has 3 N–H and O–H groups in total. The van der Waals surface area contributed by atoms with Gasteiger partial charge in [-0.2, -0.15) is 5.10 Å². The summed E-state index contributed by atoms with van der Waals surface area (Å²) in [7, 11) is 0. The number of aromatic nitrogens is 1. The van der Waals surface area contributed by atoms with Crippen LogP contribution in [0, 0.1) is 6.92 Å². The molecule has 0 spiro atoms. The number of nitrogens with zero attached hydrogens (tertiary/aromatic N) is 2. The van der Waals surface area contributed by atoms with Crippen LogP contribution in [-0.4, -0.2) is 17.2 Å². The molecule has 0 saturated heterocycles. The lowest BCUT2D eigenvalue weighted by Crippen LogP contribution is -2.08. The highest BCUT2D eigenvalue weighted by Gasteiger charge is 2.07. The molecule has 0 radical (unpaired) electrons. The second-order valence-electron chi connectivity index (χ2n) is 5.27. The van der Waals surface area contributed by atoms with Crippen molar-refractivity contribution < 1.29 is 9.53 Å². The Morgan fingerprint density at radius 3 is 2.56 bits per heavy atom. The van der Waals surface area contributed by atoms with Gasteiger partial charge in [0.2, 0.25) is 5.13 Å². The summed E-state index contributed by atoms with van der Waals surface area (Å²) < 4.78 is 5.35. The highest BCUT2D eigenvalue weighted by atomic mass is 32.1. The molecule has 2 aromatic carbocycles. The van der Waals surface area contributed by atoms with Crippen LogP contribution in [0.2, 0.25) is 0 Å². The van der Waals surface area contributed by atoms with Gasteiger partial charge in [0.1, 0.15) is 11.6 Å². The zero-order valence-corrected chi connectivity index (χ0v) is 14.3. The van der Waals surface area contributed by atoms with E-state index >= 15 is 0 Å². The molecule has 1 heterocycles. The SMILES string of the molecule is Cc1ccc(C(=O)Oc2ccc(C=NNc3nc(N)cs3)cc2)cc1. The van der Waals surface area contributed by atoms with E-state index in [9.17, 15) is 4.79 Å². The topological polar surface area (TPSA) is 89.6 Å². The van der Waals surface area contributed by atoms with Crippen LogP contribution in [0.25, 0.3) is 0 Å². The number of benzene rings is 2. The summed E-state index contributed by atoms with van der Waals surface area (Å²) in [5.74, 6) is 0.551. The second kappa shape index (κ2) is 7.59. The Hall–Kier alpha value is -3.19. The molecule has 126 valence electrons. The first kappa shape index (κ1) is 16.7. The van der Waals surface area contributed by atoms with Crippen LogP contribution in [0.1, 0.15) is 21.5 Å². The maximum atomic E-state index is 12.1. The zero-order valence-electron chi connectivity index (χ0n) is 13.5. The van der Waals surface area contributed by atoms with E-state index in [0.29, 0.717) is 22.3 Å². The Morgan fingerprint density at radius 2 is 1.92 bits per heavy atom. The average Bonchev–Trinajstić information content (AvgIpc) is 3.02. The summed E-state index contributed by atoms with van der Waals surface area (Å²) in [6.45, 7) is 1.97. The van der Waals surface area contributed by atoms with Crippen molar-refractivity contribution in [3.63, 3.8) is 0 Å². The maximum absolute atomic E-state index is 12.1. The average molecular weight is 352 g/mol. The monoisotopic (exact) mass is 352 g/mol. The van der Waals surface area contributed by atoms with Crippen molar-refractivity contribution in [3.05, 3.63) is 70.6 Å². The van der Waals surface area contributed by atoms with Crippen molar-refractivity contribution in [2.24, 2.45) is 5.10 Å². The molecule has 1 aromatic heterocycles. The predicted octanol–water partition coefficient (Wildman–Crippen LogP) is 3.70. The number of ether oxygens (including phenoxy) is 1. The number of esters is 1. The van der Waals surface area contributed by atoms with E-state index in [4.69, 9.17) is 10.5 Å². The zero-order chi connectivity index (χ0) is 17.6. The Kier molecular flexibility index (Phi) is 5.06. The molecule has 3 aromatic rings. The van der Waals surface area contributed by atoms with Gasteiger partial charge < -0.3 is 10.5 Å². The van der Waals surface area contributed by atoms with Crippen LogP contribution in [0.4, 0.5) is 10.9 Å². The summed E-state index contributed by atoms with van der Waals surface area (Å²) in [6.07, 6.45) is 1.64. The number of nitrogens with two attached hydrogens (primary N) is 1. The van der Waals surface area contributed by atoms with E-state index in [1.54, 1.807) is 48.0 Å². The van der Waals surface area contributed by atoms with Crippen molar-refractivity contribution in [2.75, 3.05) is 11.2 Å². The van der Waals surface area contributed by atoms with Gasteiger partial charge in [0.05, 0.1) is 11.8 Å². The maximum Gasteiger partial charge on any atom is 0.343 e. The normalized spacial score (nSPS) is 10.8. The van der Waals surface area contributed by atoms with E-state index in [0.717, 1.165) is 11.1 Å². The van der Waals surface area contributed by atoms with Gasteiger partial charge >= 0.3 is 5.97 Å². The van der Waals surface area contributed by atoms with E-state index in [-0.39, 0.29) is 5.97 Å². The van der Waals surface area contributed by atoms with Crippen LogP contribution < -0.4 is 15.9 Å². The predicted molar refractivity (Wildman–Crippen MR) is 100 cm³/mol. The minimum Gasteiger partial charge on any atom is -0.423 e. The number of hydrogen-bond acceptors (Lipinski definition) is 7. The van der Waals surface area contributed by atoms with Gasteiger partial charge in [0.25, 0.3) is 0 Å². The van der Waals surface area contributed by atoms with E-state index in [1.165, 1.54) is 11.3 Å². The van der Waals surface area contributed by atoms with Crippen LogP contribution in [0.15, 0.2) is 59.0 Å². The number of carbonyl (C=O) groups is 1. The molecule has 7 heteroatoms. The molecule has 25 heavy (non-hydrogen) atoms. The van der Waals surface area contributed by atoms with Crippen molar-refractivity contribution in [1.29, 1.82) is 0 Å². The minimum atomic E-state index is -0.385. The number of hydrazone groups is 1. The lowest BCUT2D eigenvalue weighted by atomic mass is 10.1. The molecule has 0 aliphatic carbocycles. The number of carbonyl (C=O) groups excluding carboxylic acids is 1. The van der Waals surface area contributed by atoms with Gasteiger partial charge in [0.15, 0.2) is 0 Å². The van der Waals surface area contributed by atoms with Crippen LogP contribution in [0.3, 0.4) is 0 Å². The highest BCUT2D eigenvalue weighted by Crippen LogP contribution is 2.17. The first-order valence-corrected chi connectivity index (χ1v) is 8.37. The number of thiazole rings is 1. The van der Waals surface area contributed by atoms with Crippen molar-refractivity contribution in [1.82, 2.24) is 4.98 Å². The minimum absolute atomic E-state index is 0.385. The summed E-state index contributed by atoms with van der Waals surface area (Å²) in [6, 6.07) is 14.3. The third kappa shape index (κ3) is 4.65. The Bertz CT molecular complexity index is 886. The van der Waals surface area contributed by atoms with Gasteiger partial charge in [-0.05, 0) is 48.9 Å². The summed E-state index contributed by atoms with van der Waals surface area (Å²) >= 11 is 1.37. The largest absolute Gasteiger partial charge is 0.423 e. The van der Waals surface area contributed by atoms with Crippen LogP contribution in [-0.2, 0) is 0 Å². The van der Waals surface area contributed by atoms with Crippen molar-refractivity contribution >= 4 is 34.5 Å². The standard InChI is InChI=1S/C18H16N4O2S/c1-12-2-6-14(7-3-12)17(23)24-15-8-4-13(5-9-15)10-20-22-18-21-16(19)11-25-18/h2-11H,19H2,1H3,(H,21,22). The lowest BCUT2D eigenvalue weighted by molar-refractivity contribution is 0.0735. The molecular weight excluding hydrogens is 336 g/mol. The fourth-order valence-corrected chi connectivity index (χ4v) is 2.53. The fourth-order valence-electron chi connectivity index (χ4n) is 1.98. The Morgan fingerprint density at radius 1 is 1.20 bits per heavy atom. The summed E-state index contributed by atoms with van der Waals surface area (Å²) in [5.41, 5.74) is 10.8. The van der Waals surface area contributed by atoms with Crippen LogP contribution in [0.5, 0.6) is 5.75 Å². The lowest BCUT2D eigenvalue weighted by Gasteiger charge is -2.05. The Labute approximate surface area is 149 Å². The van der Waals surface area contributed by atoms with E-state index in [1.807, 2.05) is 19.1 Å². The highest BCUT2D eigenvalue weighted by molar-refractivity contribution is 7.14. The molecule has 0 unspecified atom stereocenters. The number of rotatable bonds is 5. The number of anilines is 2. The fraction of sp³-hybridized carbons (Fsp3) is 0.0556. The van der Waals surface area contributed by atoms with Crippen molar-refractivity contribution in [3.8, 4) is 5.75 Å². The van der Waals surface area contributed by atoms with Gasteiger partial charge in [0, 0.05) is 5.38 Å². The molecule has 0 fully saturated rings. The number of nitrogen functional groups attached to an aromatic ring is 1. The summed E-state index contributed by atoms with van der Waals surface area (Å²) in [4.78, 5) is 16.1. The second-order valence-corrected chi connectivity index (χ2v) is 6.13. The van der Waals surface area contributed by atoms with Crippen LogP contribution >= 0.6 is 11.3 Å². The summed E-state index contributed by atoms with van der Waals surface area (Å²) in [5, 5.41) is 6.44. The first-order chi connectivity index (χ1) is 12.1. The van der Waals surface area contributed by atoms with E-state index in [2.05, 4.69) is 15.5 Å². The molecule has 0 atom stereocenters. The molecule has 0 saturated carbocycles. The molecule has 0 bridgehead atoms.